The van der Waals surface area contributed by atoms with Gasteiger partial charge in [-0.25, -0.2) is 0 Å². The van der Waals surface area contributed by atoms with Crippen molar-refractivity contribution in [2.24, 2.45) is 5.92 Å². The van der Waals surface area contributed by atoms with E-state index >= 15 is 0 Å². The Balaban J connectivity index is 2.41. The molecule has 0 saturated heterocycles. The van der Waals surface area contributed by atoms with E-state index in [1.54, 1.807) is 14.0 Å². The van der Waals surface area contributed by atoms with E-state index in [-0.39, 0.29) is 11.8 Å². The third-order valence-electron chi connectivity index (χ3n) is 1.47. The number of aromatic nitrogens is 2. The zero-order valence-corrected chi connectivity index (χ0v) is 8.30. The molecule has 72 valence electrons. The molecular weight excluding hydrogens is 190 g/mol. The molecule has 0 aromatic carbocycles. The summed E-state index contributed by atoms with van der Waals surface area (Å²) in [6.07, 6.45) is 1.52. The number of rotatable bonds is 4. The Bertz CT molecular complexity index is 263. The monoisotopic (exact) mass is 201 g/mol. The molecule has 6 heteroatoms. The number of amides is 1. The molecule has 0 fully saturated rings. The van der Waals surface area contributed by atoms with E-state index < -0.39 is 0 Å². The standard InChI is InChI=1S/C7H11N3O2S/c1-5(4-12-2)7(11)9-6-3-8-10-13-6/h3,5H,4H2,1-2H3,(H,9,11)/t5-/m1/s1. The van der Waals surface area contributed by atoms with Gasteiger partial charge < -0.3 is 10.1 Å². The molecule has 0 bridgehead atoms. The Morgan fingerprint density at radius 2 is 2.62 bits per heavy atom. The van der Waals surface area contributed by atoms with Gasteiger partial charge in [-0.05, 0) is 0 Å². The second-order valence-corrected chi connectivity index (χ2v) is 3.41. The van der Waals surface area contributed by atoms with Crippen LogP contribution in [-0.2, 0) is 9.53 Å². The van der Waals surface area contributed by atoms with Crippen molar-refractivity contribution in [2.45, 2.75) is 6.92 Å². The van der Waals surface area contributed by atoms with Crippen LogP contribution in [0, 0.1) is 5.92 Å². The zero-order valence-electron chi connectivity index (χ0n) is 7.48. The van der Waals surface area contributed by atoms with Crippen LogP contribution in [0.5, 0.6) is 0 Å². The SMILES string of the molecule is COC[C@@H](C)C(=O)Nc1cnns1. The summed E-state index contributed by atoms with van der Waals surface area (Å²) in [6, 6.07) is 0. The first kappa shape index (κ1) is 10.1. The lowest BCUT2D eigenvalue weighted by atomic mass is 10.2. The van der Waals surface area contributed by atoms with Crippen LogP contribution in [0.3, 0.4) is 0 Å². The highest BCUT2D eigenvalue weighted by Gasteiger charge is 2.12. The number of nitrogens with one attached hydrogen (secondary N) is 1. The van der Waals surface area contributed by atoms with Gasteiger partial charge in [0.05, 0.1) is 18.7 Å². The molecular formula is C7H11N3O2S. The third kappa shape index (κ3) is 3.08. The third-order valence-corrected chi connectivity index (χ3v) is 2.05. The maximum Gasteiger partial charge on any atom is 0.230 e. The first-order valence-corrected chi connectivity index (χ1v) is 4.58. The van der Waals surface area contributed by atoms with Crippen LogP contribution in [0.15, 0.2) is 6.20 Å². The van der Waals surface area contributed by atoms with Crippen LogP contribution in [0.4, 0.5) is 5.00 Å². The van der Waals surface area contributed by atoms with E-state index in [4.69, 9.17) is 4.74 Å². The quantitative estimate of drug-likeness (QED) is 0.781. The van der Waals surface area contributed by atoms with Crippen LogP contribution in [0.25, 0.3) is 0 Å². The fourth-order valence-corrected chi connectivity index (χ4v) is 1.22. The molecule has 1 aromatic rings. The number of anilines is 1. The molecule has 1 amide bonds. The van der Waals surface area contributed by atoms with Gasteiger partial charge >= 0.3 is 0 Å². The minimum atomic E-state index is -0.160. The van der Waals surface area contributed by atoms with Crippen LogP contribution in [-0.4, -0.2) is 29.2 Å². The summed E-state index contributed by atoms with van der Waals surface area (Å²) >= 11 is 1.15. The van der Waals surface area contributed by atoms with Crippen LogP contribution in [0.2, 0.25) is 0 Å². The molecule has 0 spiro atoms. The summed E-state index contributed by atoms with van der Waals surface area (Å²) in [5.74, 6) is -0.236. The summed E-state index contributed by atoms with van der Waals surface area (Å²) in [5, 5.41) is 6.94. The van der Waals surface area contributed by atoms with Crippen LogP contribution < -0.4 is 5.32 Å². The molecule has 0 unspecified atom stereocenters. The molecule has 5 nitrogen and oxygen atoms in total. The number of hydrogen-bond donors (Lipinski definition) is 1. The lowest BCUT2D eigenvalue weighted by molar-refractivity contribution is -0.120. The van der Waals surface area contributed by atoms with E-state index in [1.807, 2.05) is 0 Å². The van der Waals surface area contributed by atoms with E-state index in [1.165, 1.54) is 6.20 Å². The summed E-state index contributed by atoms with van der Waals surface area (Å²) in [5.41, 5.74) is 0. The normalized spacial score (nSPS) is 12.5. The minimum absolute atomic E-state index is 0.0760. The van der Waals surface area contributed by atoms with Crippen molar-refractivity contribution in [3.63, 3.8) is 0 Å². The Morgan fingerprint density at radius 3 is 3.15 bits per heavy atom. The zero-order chi connectivity index (χ0) is 9.68. The van der Waals surface area contributed by atoms with Crippen LogP contribution in [0.1, 0.15) is 6.92 Å². The molecule has 1 N–H and O–H groups in total. The fourth-order valence-electron chi connectivity index (χ4n) is 0.793. The maximum atomic E-state index is 11.4. The number of nitrogens with zero attached hydrogens (tertiary/aromatic N) is 2. The van der Waals surface area contributed by atoms with Gasteiger partial charge in [0.1, 0.15) is 5.00 Å². The van der Waals surface area contributed by atoms with Crippen molar-refractivity contribution < 1.29 is 9.53 Å². The molecule has 0 aliphatic heterocycles. The van der Waals surface area contributed by atoms with E-state index in [0.29, 0.717) is 11.6 Å². The molecule has 0 aliphatic rings. The molecule has 0 aliphatic carbocycles. The molecule has 0 radical (unpaired) electrons. The van der Waals surface area contributed by atoms with Crippen molar-refractivity contribution in [1.29, 1.82) is 0 Å². The number of carbonyl (C=O) groups excluding carboxylic acids is 1. The molecule has 1 heterocycles. The summed E-state index contributed by atoms with van der Waals surface area (Å²) in [4.78, 5) is 11.4. The second kappa shape index (κ2) is 4.88. The van der Waals surface area contributed by atoms with Crippen molar-refractivity contribution >= 4 is 22.4 Å². The molecule has 0 saturated carbocycles. The largest absolute Gasteiger partial charge is 0.384 e. The van der Waals surface area contributed by atoms with Gasteiger partial charge in [-0.2, -0.15) is 0 Å². The fraction of sp³-hybridized carbons (Fsp3) is 0.571. The van der Waals surface area contributed by atoms with Crippen molar-refractivity contribution in [1.82, 2.24) is 9.59 Å². The van der Waals surface area contributed by atoms with Gasteiger partial charge in [-0.3, -0.25) is 4.79 Å². The Kier molecular flexibility index (Phi) is 3.78. The Labute approximate surface area is 80.3 Å². The molecule has 13 heavy (non-hydrogen) atoms. The van der Waals surface area contributed by atoms with Gasteiger partial charge in [0.25, 0.3) is 0 Å². The minimum Gasteiger partial charge on any atom is -0.384 e. The average molecular weight is 201 g/mol. The predicted molar refractivity (Wildman–Crippen MR) is 49.6 cm³/mol. The molecule has 1 rings (SSSR count). The number of hydrogen-bond acceptors (Lipinski definition) is 5. The van der Waals surface area contributed by atoms with E-state index in [9.17, 15) is 4.79 Å². The maximum absolute atomic E-state index is 11.4. The Morgan fingerprint density at radius 1 is 1.85 bits per heavy atom. The second-order valence-electron chi connectivity index (χ2n) is 2.63. The molecule has 1 aromatic heterocycles. The highest BCUT2D eigenvalue weighted by atomic mass is 32.1. The smallest absolute Gasteiger partial charge is 0.230 e. The predicted octanol–water partition coefficient (Wildman–Crippen LogP) is 0.759. The average Bonchev–Trinajstić information content (AvgIpc) is 2.57. The van der Waals surface area contributed by atoms with E-state index in [2.05, 4.69) is 14.9 Å². The lowest BCUT2D eigenvalue weighted by Gasteiger charge is -2.08. The number of carbonyl (C=O) groups is 1. The van der Waals surface area contributed by atoms with Crippen molar-refractivity contribution in [2.75, 3.05) is 19.0 Å². The molecule has 1 atom stereocenters. The van der Waals surface area contributed by atoms with Crippen LogP contribution >= 0.6 is 11.5 Å². The van der Waals surface area contributed by atoms with Gasteiger partial charge in [0.2, 0.25) is 5.91 Å². The highest BCUT2D eigenvalue weighted by Crippen LogP contribution is 2.10. The van der Waals surface area contributed by atoms with Gasteiger partial charge in [0.15, 0.2) is 0 Å². The summed E-state index contributed by atoms with van der Waals surface area (Å²) in [6.45, 7) is 2.21. The van der Waals surface area contributed by atoms with Gasteiger partial charge in [0, 0.05) is 18.6 Å². The van der Waals surface area contributed by atoms with Crippen molar-refractivity contribution in [3.8, 4) is 0 Å². The highest BCUT2D eigenvalue weighted by molar-refractivity contribution is 7.10. The summed E-state index contributed by atoms with van der Waals surface area (Å²) < 4.78 is 8.48. The first-order chi connectivity index (χ1) is 6.24. The number of methoxy groups -OCH3 is 1. The summed E-state index contributed by atoms with van der Waals surface area (Å²) in [7, 11) is 1.57. The number of ether oxygens (including phenoxy) is 1. The topological polar surface area (TPSA) is 64.1 Å². The van der Waals surface area contributed by atoms with E-state index in [0.717, 1.165) is 11.5 Å². The van der Waals surface area contributed by atoms with Gasteiger partial charge in [-0.1, -0.05) is 11.4 Å². The van der Waals surface area contributed by atoms with Crippen molar-refractivity contribution in [3.05, 3.63) is 6.20 Å². The Hall–Kier alpha value is -1.01. The first-order valence-electron chi connectivity index (χ1n) is 3.81. The van der Waals surface area contributed by atoms with Gasteiger partial charge in [-0.15, -0.1) is 5.10 Å². The lowest BCUT2D eigenvalue weighted by Crippen LogP contribution is -2.23.